The molecule has 4 nitrogen and oxygen atoms in total. The van der Waals surface area contributed by atoms with Crippen LogP contribution in [0.3, 0.4) is 0 Å². The summed E-state index contributed by atoms with van der Waals surface area (Å²) in [5.74, 6) is 1.51. The summed E-state index contributed by atoms with van der Waals surface area (Å²) in [6.45, 7) is 0. The molecule has 51 heavy (non-hydrogen) atoms. The molecular weight excluding hydrogens is 623 g/mol. The Morgan fingerprint density at radius 3 is 1.84 bits per heavy atom. The lowest BCUT2D eigenvalue weighted by Gasteiger charge is -2.25. The van der Waals surface area contributed by atoms with Crippen LogP contribution in [0.2, 0.25) is 0 Å². The van der Waals surface area contributed by atoms with Crippen molar-refractivity contribution in [1.29, 1.82) is 0 Å². The van der Waals surface area contributed by atoms with Crippen molar-refractivity contribution >= 4 is 55.2 Å². The first-order valence-corrected chi connectivity index (χ1v) is 17.3. The monoisotopic (exact) mass is 653 g/mol. The number of para-hydroxylation sites is 1. The van der Waals surface area contributed by atoms with Crippen LogP contribution in [0.15, 0.2) is 190 Å². The molecule has 0 fully saturated rings. The Morgan fingerprint density at radius 1 is 0.431 bits per heavy atom. The van der Waals surface area contributed by atoms with Gasteiger partial charge in [0, 0.05) is 27.5 Å². The number of nitrogens with zero attached hydrogens (tertiary/aromatic N) is 2. The van der Waals surface area contributed by atoms with Gasteiger partial charge >= 0.3 is 0 Å². The van der Waals surface area contributed by atoms with Gasteiger partial charge in [0.2, 0.25) is 0 Å². The zero-order valence-corrected chi connectivity index (χ0v) is 27.6. The second-order valence-electron chi connectivity index (χ2n) is 13.0. The van der Waals surface area contributed by atoms with Gasteiger partial charge in [-0.1, -0.05) is 146 Å². The van der Waals surface area contributed by atoms with Crippen LogP contribution in [0.4, 0.5) is 0 Å². The van der Waals surface area contributed by atoms with Crippen molar-refractivity contribution in [2.75, 3.05) is 0 Å². The Hall–Kier alpha value is -6.78. The van der Waals surface area contributed by atoms with Gasteiger partial charge in [-0.3, -0.25) is 0 Å². The third-order valence-corrected chi connectivity index (χ3v) is 9.94. The lowest BCUT2D eigenvalue weighted by molar-refractivity contribution is 0.669. The summed E-state index contributed by atoms with van der Waals surface area (Å²) in [6, 6.07) is 61.8. The van der Waals surface area contributed by atoms with Crippen LogP contribution in [-0.2, 0) is 0 Å². The van der Waals surface area contributed by atoms with Crippen LogP contribution in [0.25, 0.3) is 65.7 Å². The van der Waals surface area contributed by atoms with Crippen LogP contribution in [-0.4, -0.2) is 11.7 Å². The lowest BCUT2D eigenvalue weighted by atomic mass is 9.93. The van der Waals surface area contributed by atoms with Crippen LogP contribution in [0.1, 0.15) is 22.9 Å². The normalized spacial score (nSPS) is 14.5. The second-order valence-corrected chi connectivity index (χ2v) is 13.0. The first-order chi connectivity index (χ1) is 25.2. The highest BCUT2D eigenvalue weighted by Crippen LogP contribution is 2.36. The van der Waals surface area contributed by atoms with Gasteiger partial charge in [-0.15, -0.1) is 0 Å². The summed E-state index contributed by atoms with van der Waals surface area (Å²) >= 11 is 0. The molecule has 8 aromatic carbocycles. The molecular formula is C47H31N3O. The van der Waals surface area contributed by atoms with E-state index >= 15 is 0 Å². The van der Waals surface area contributed by atoms with Crippen molar-refractivity contribution in [2.45, 2.75) is 6.17 Å². The average Bonchev–Trinajstić information content (AvgIpc) is 3.58. The third-order valence-electron chi connectivity index (χ3n) is 9.94. The lowest BCUT2D eigenvalue weighted by Crippen LogP contribution is -2.33. The van der Waals surface area contributed by atoms with Gasteiger partial charge in [0.1, 0.15) is 23.2 Å². The van der Waals surface area contributed by atoms with E-state index in [2.05, 4.69) is 151 Å². The summed E-state index contributed by atoms with van der Waals surface area (Å²) < 4.78 is 6.07. The largest absolute Gasteiger partial charge is 0.456 e. The predicted molar refractivity (Wildman–Crippen MR) is 211 cm³/mol. The van der Waals surface area contributed by atoms with Gasteiger partial charge in [0.25, 0.3) is 0 Å². The number of fused-ring (bicyclic) bond motifs is 5. The molecule has 0 saturated heterocycles. The molecule has 0 radical (unpaired) electrons. The minimum Gasteiger partial charge on any atom is -0.456 e. The molecule has 0 aliphatic carbocycles. The second kappa shape index (κ2) is 12.0. The smallest absolute Gasteiger partial charge is 0.159 e. The van der Waals surface area contributed by atoms with Crippen molar-refractivity contribution in [3.63, 3.8) is 0 Å². The van der Waals surface area contributed by atoms with E-state index < -0.39 is 0 Å². The van der Waals surface area contributed by atoms with Crippen LogP contribution in [0.5, 0.6) is 0 Å². The molecule has 2 heterocycles. The maximum atomic E-state index is 6.07. The van der Waals surface area contributed by atoms with E-state index in [1.807, 2.05) is 30.3 Å². The molecule has 1 atom stereocenters. The Kier molecular flexibility index (Phi) is 6.85. The number of furan rings is 1. The van der Waals surface area contributed by atoms with E-state index in [1.165, 1.54) is 21.9 Å². The highest BCUT2D eigenvalue weighted by molar-refractivity contribution is 6.14. The molecule has 1 aliphatic rings. The van der Waals surface area contributed by atoms with Crippen molar-refractivity contribution < 1.29 is 4.42 Å². The zero-order chi connectivity index (χ0) is 33.7. The Bertz CT molecular complexity index is 2830. The zero-order valence-electron chi connectivity index (χ0n) is 27.6. The number of nitrogens with one attached hydrogen (secondary N) is 1. The molecule has 10 rings (SSSR count). The number of benzene rings is 8. The molecule has 0 bridgehead atoms. The molecule has 0 saturated carbocycles. The number of hydrogen-bond donors (Lipinski definition) is 1. The molecule has 1 aromatic heterocycles. The first-order valence-electron chi connectivity index (χ1n) is 17.3. The predicted octanol–water partition coefficient (Wildman–Crippen LogP) is 11.7. The van der Waals surface area contributed by atoms with E-state index in [4.69, 9.17) is 14.4 Å². The maximum Gasteiger partial charge on any atom is 0.159 e. The van der Waals surface area contributed by atoms with Gasteiger partial charge in [0.15, 0.2) is 5.84 Å². The fraction of sp³-hybridized carbons (Fsp3) is 0.0213. The molecule has 1 aliphatic heterocycles. The van der Waals surface area contributed by atoms with E-state index in [-0.39, 0.29) is 6.17 Å². The first kappa shape index (κ1) is 29.2. The van der Waals surface area contributed by atoms with Crippen LogP contribution >= 0.6 is 0 Å². The van der Waals surface area contributed by atoms with Crippen molar-refractivity contribution in [2.24, 2.45) is 9.98 Å². The number of amidine groups is 2. The van der Waals surface area contributed by atoms with Crippen molar-refractivity contribution in [3.05, 3.63) is 193 Å². The fourth-order valence-electron chi connectivity index (χ4n) is 7.38. The summed E-state index contributed by atoms with van der Waals surface area (Å²) in [7, 11) is 0. The highest BCUT2D eigenvalue weighted by Gasteiger charge is 2.23. The third kappa shape index (κ3) is 5.17. The van der Waals surface area contributed by atoms with Gasteiger partial charge < -0.3 is 9.73 Å². The van der Waals surface area contributed by atoms with Gasteiger partial charge in [0.05, 0.1) is 0 Å². The quantitative estimate of drug-likeness (QED) is 0.201. The van der Waals surface area contributed by atoms with E-state index in [1.54, 1.807) is 0 Å². The molecule has 1 N–H and O–H groups in total. The van der Waals surface area contributed by atoms with Crippen molar-refractivity contribution in [1.82, 2.24) is 5.32 Å². The van der Waals surface area contributed by atoms with E-state index in [0.29, 0.717) is 5.84 Å². The molecule has 0 spiro atoms. The number of hydrogen-bond acceptors (Lipinski definition) is 4. The highest BCUT2D eigenvalue weighted by atomic mass is 16.3. The van der Waals surface area contributed by atoms with Gasteiger partial charge in [-0.25, -0.2) is 9.98 Å². The average molecular weight is 654 g/mol. The summed E-state index contributed by atoms with van der Waals surface area (Å²) in [4.78, 5) is 10.4. The standard InChI is InChI=1S/C47H31N3O/c1-3-11-30(12-4-1)37-24-25-41(39-16-8-7-15-38(37)39)47-49-45(31-13-5-2-6-14-31)48-46(50-47)36-22-21-32-27-33(19-20-34(32)28-36)35-23-26-44-42(29-35)40-17-9-10-18-43(40)51-44/h1-29,47H,(H,48,49,50). The Labute approximate surface area is 295 Å². The van der Waals surface area contributed by atoms with Crippen molar-refractivity contribution in [3.8, 4) is 22.3 Å². The number of aliphatic imine (C=N–C) groups is 2. The van der Waals surface area contributed by atoms with E-state index in [9.17, 15) is 0 Å². The summed E-state index contributed by atoms with van der Waals surface area (Å²) in [5, 5.41) is 10.6. The topological polar surface area (TPSA) is 49.9 Å². The summed E-state index contributed by atoms with van der Waals surface area (Å²) in [6.07, 6.45) is -0.325. The van der Waals surface area contributed by atoms with Crippen LogP contribution < -0.4 is 5.32 Å². The molecule has 9 aromatic rings. The minimum atomic E-state index is -0.325. The van der Waals surface area contributed by atoms with Gasteiger partial charge in [-0.2, -0.15) is 0 Å². The number of rotatable bonds is 5. The fourth-order valence-corrected chi connectivity index (χ4v) is 7.38. The Morgan fingerprint density at radius 2 is 1.04 bits per heavy atom. The van der Waals surface area contributed by atoms with Gasteiger partial charge in [-0.05, 0) is 74.1 Å². The molecule has 1 unspecified atom stereocenters. The minimum absolute atomic E-state index is 0.325. The molecule has 4 heteroatoms. The molecule has 240 valence electrons. The maximum absolute atomic E-state index is 6.07. The SMILES string of the molecule is c1ccc(C2=NC(c3ccc4cc(-c5ccc6oc7ccccc7c6c5)ccc4c3)=NC(c3ccc(-c4ccccc4)c4ccccc34)N2)cc1. The summed E-state index contributed by atoms with van der Waals surface area (Å²) in [5.41, 5.74) is 9.65. The Balaban J connectivity index is 1.06. The van der Waals surface area contributed by atoms with Crippen LogP contribution in [0, 0.1) is 0 Å². The molecule has 0 amide bonds. The van der Waals surface area contributed by atoms with E-state index in [0.717, 1.165) is 66.4 Å².